The Balaban J connectivity index is 1.50. The number of alkyl halides is 3. The molecule has 1 aliphatic heterocycles. The van der Waals surface area contributed by atoms with Crippen LogP contribution in [0.15, 0.2) is 35.1 Å². The minimum Gasteiger partial charge on any atom is -0.378 e. The van der Waals surface area contributed by atoms with E-state index in [0.717, 1.165) is 18.3 Å². The van der Waals surface area contributed by atoms with Gasteiger partial charge in [-0.05, 0) is 12.5 Å². The van der Waals surface area contributed by atoms with Crippen molar-refractivity contribution in [3.63, 3.8) is 0 Å². The standard InChI is InChI=1S/C18H20F4N6O2/c19-14-11-23-17(26-16(14)28-6-8-30-9-7-28)27-24-5-4-15(29)25-13-3-1-2-12(10-13)18(20,21)22/h1-2,5,10-11,13H,3-4,6-9H2,(H,25,29)(H,23,26,27)/b24-5+. The monoisotopic (exact) mass is 428 g/mol. The van der Waals surface area contributed by atoms with Crippen LogP contribution in [0.2, 0.25) is 0 Å². The molecule has 0 saturated carbocycles. The lowest BCUT2D eigenvalue weighted by Crippen LogP contribution is -2.37. The predicted molar refractivity (Wildman–Crippen MR) is 102 cm³/mol. The van der Waals surface area contributed by atoms with Gasteiger partial charge in [-0.1, -0.05) is 12.2 Å². The summed E-state index contributed by atoms with van der Waals surface area (Å²) in [5.74, 6) is -0.891. The molecule has 0 aromatic carbocycles. The third-order valence-electron chi connectivity index (χ3n) is 4.31. The Morgan fingerprint density at radius 3 is 2.87 bits per heavy atom. The molecular formula is C18H20F4N6O2. The fourth-order valence-corrected chi connectivity index (χ4v) is 2.88. The van der Waals surface area contributed by atoms with Gasteiger partial charge < -0.3 is 15.0 Å². The molecule has 0 bridgehead atoms. The van der Waals surface area contributed by atoms with Gasteiger partial charge in [0.1, 0.15) is 0 Å². The number of halogens is 4. The maximum atomic E-state index is 14.0. The number of hydrogen-bond donors (Lipinski definition) is 2. The maximum absolute atomic E-state index is 14.0. The second-order valence-electron chi connectivity index (χ2n) is 6.52. The zero-order valence-corrected chi connectivity index (χ0v) is 15.8. The number of carbonyl (C=O) groups excluding carboxylic acids is 1. The van der Waals surface area contributed by atoms with Crippen LogP contribution in [0.5, 0.6) is 0 Å². The Hall–Kier alpha value is -3.02. The van der Waals surface area contributed by atoms with E-state index in [1.54, 1.807) is 4.90 Å². The lowest BCUT2D eigenvalue weighted by molar-refractivity contribution is -0.120. The van der Waals surface area contributed by atoms with Gasteiger partial charge in [-0.25, -0.2) is 14.8 Å². The van der Waals surface area contributed by atoms with Crippen molar-refractivity contribution in [3.05, 3.63) is 35.8 Å². The van der Waals surface area contributed by atoms with E-state index in [0.29, 0.717) is 26.3 Å². The highest BCUT2D eigenvalue weighted by Gasteiger charge is 2.33. The predicted octanol–water partition coefficient (Wildman–Crippen LogP) is 2.17. The quantitative estimate of drug-likeness (QED) is 0.410. The first kappa shape index (κ1) is 21.7. The van der Waals surface area contributed by atoms with E-state index in [-0.39, 0.29) is 24.6 Å². The summed E-state index contributed by atoms with van der Waals surface area (Å²) in [5, 5.41) is 6.30. The van der Waals surface area contributed by atoms with Crippen LogP contribution in [0.3, 0.4) is 0 Å². The number of amides is 1. The Kier molecular flexibility index (Phi) is 6.98. The van der Waals surface area contributed by atoms with Crippen LogP contribution in [-0.4, -0.2) is 60.6 Å². The topological polar surface area (TPSA) is 91.7 Å². The number of carbonyl (C=O) groups is 1. The third-order valence-corrected chi connectivity index (χ3v) is 4.31. The summed E-state index contributed by atoms with van der Waals surface area (Å²) >= 11 is 0. The van der Waals surface area contributed by atoms with Crippen molar-refractivity contribution in [2.24, 2.45) is 5.10 Å². The number of nitrogens with zero attached hydrogens (tertiary/aromatic N) is 4. The van der Waals surface area contributed by atoms with Crippen LogP contribution in [0.4, 0.5) is 29.3 Å². The first-order valence-electron chi connectivity index (χ1n) is 9.20. The molecule has 1 atom stereocenters. The third kappa shape index (κ3) is 5.99. The largest absolute Gasteiger partial charge is 0.416 e. The lowest BCUT2D eigenvalue weighted by Gasteiger charge is -2.27. The van der Waals surface area contributed by atoms with E-state index in [2.05, 4.69) is 25.8 Å². The fraction of sp³-hybridized carbons (Fsp3) is 0.444. The van der Waals surface area contributed by atoms with Gasteiger partial charge in [0.2, 0.25) is 11.9 Å². The highest BCUT2D eigenvalue weighted by molar-refractivity contribution is 5.90. The van der Waals surface area contributed by atoms with Crippen LogP contribution in [0, 0.1) is 5.82 Å². The minimum absolute atomic E-state index is 0.0460. The number of aromatic nitrogens is 2. The number of anilines is 2. The average Bonchev–Trinajstić information content (AvgIpc) is 2.72. The van der Waals surface area contributed by atoms with E-state index in [1.165, 1.54) is 12.3 Å². The lowest BCUT2D eigenvalue weighted by atomic mass is 10.0. The van der Waals surface area contributed by atoms with Crippen LogP contribution >= 0.6 is 0 Å². The number of morpholine rings is 1. The number of hydrogen-bond acceptors (Lipinski definition) is 7. The van der Waals surface area contributed by atoms with Crippen molar-refractivity contribution in [2.45, 2.75) is 25.1 Å². The van der Waals surface area contributed by atoms with E-state index in [9.17, 15) is 22.4 Å². The molecule has 2 heterocycles. The SMILES string of the molecule is O=C(C/C=N/Nc1ncc(F)c(N2CCOCC2)n1)NC1C=C(C(F)(F)F)C=CC1. The summed E-state index contributed by atoms with van der Waals surface area (Å²) < 4.78 is 57.4. The average molecular weight is 428 g/mol. The van der Waals surface area contributed by atoms with Crippen LogP contribution < -0.4 is 15.6 Å². The first-order valence-corrected chi connectivity index (χ1v) is 9.20. The molecule has 8 nitrogen and oxygen atoms in total. The zero-order chi connectivity index (χ0) is 21.6. The van der Waals surface area contributed by atoms with Crippen LogP contribution in [-0.2, 0) is 9.53 Å². The van der Waals surface area contributed by atoms with Gasteiger partial charge in [0.15, 0.2) is 11.6 Å². The summed E-state index contributed by atoms with van der Waals surface area (Å²) in [6.45, 7) is 1.93. The molecule has 1 aromatic heterocycles. The zero-order valence-electron chi connectivity index (χ0n) is 15.8. The number of ether oxygens (including phenoxy) is 1. The Morgan fingerprint density at radius 2 is 2.13 bits per heavy atom. The highest BCUT2D eigenvalue weighted by Crippen LogP contribution is 2.29. The van der Waals surface area contributed by atoms with E-state index in [4.69, 9.17) is 4.74 Å². The molecule has 0 radical (unpaired) electrons. The molecule has 30 heavy (non-hydrogen) atoms. The molecule has 2 aliphatic rings. The fourth-order valence-electron chi connectivity index (χ4n) is 2.88. The van der Waals surface area contributed by atoms with Gasteiger partial charge >= 0.3 is 6.18 Å². The summed E-state index contributed by atoms with van der Waals surface area (Å²) in [6.07, 6.45) is 1.22. The van der Waals surface area contributed by atoms with Gasteiger partial charge in [0, 0.05) is 19.3 Å². The van der Waals surface area contributed by atoms with Crippen molar-refractivity contribution in [3.8, 4) is 0 Å². The number of rotatable bonds is 6. The highest BCUT2D eigenvalue weighted by atomic mass is 19.4. The van der Waals surface area contributed by atoms with Gasteiger partial charge in [0.05, 0.1) is 37.4 Å². The van der Waals surface area contributed by atoms with Crippen molar-refractivity contribution in [1.82, 2.24) is 15.3 Å². The van der Waals surface area contributed by atoms with Gasteiger partial charge in [-0.2, -0.15) is 23.3 Å². The molecule has 1 aliphatic carbocycles. The molecule has 12 heteroatoms. The van der Waals surface area contributed by atoms with E-state index < -0.39 is 29.5 Å². The maximum Gasteiger partial charge on any atom is 0.416 e. The molecule has 1 fully saturated rings. The number of hydrazone groups is 1. The molecule has 1 unspecified atom stereocenters. The first-order chi connectivity index (χ1) is 14.3. The second-order valence-corrected chi connectivity index (χ2v) is 6.52. The molecule has 162 valence electrons. The summed E-state index contributed by atoms with van der Waals surface area (Å²) in [4.78, 5) is 21.5. The van der Waals surface area contributed by atoms with Gasteiger partial charge in [-0.15, -0.1) is 0 Å². The van der Waals surface area contributed by atoms with E-state index >= 15 is 0 Å². The van der Waals surface area contributed by atoms with Crippen molar-refractivity contribution >= 4 is 23.9 Å². The number of nitrogens with one attached hydrogen (secondary N) is 2. The summed E-state index contributed by atoms with van der Waals surface area (Å²) in [5.41, 5.74) is 1.72. The summed E-state index contributed by atoms with van der Waals surface area (Å²) in [6, 6.07) is -0.739. The van der Waals surface area contributed by atoms with Gasteiger partial charge in [0.25, 0.3) is 0 Å². The molecular weight excluding hydrogens is 408 g/mol. The molecule has 1 amide bonds. The molecule has 1 aromatic rings. The molecule has 3 rings (SSSR count). The Morgan fingerprint density at radius 1 is 1.37 bits per heavy atom. The van der Waals surface area contributed by atoms with Crippen LogP contribution in [0.25, 0.3) is 0 Å². The normalized spacial score (nSPS) is 19.7. The Bertz CT molecular complexity index is 850. The number of allylic oxidation sites excluding steroid dienone is 2. The molecule has 0 spiro atoms. The smallest absolute Gasteiger partial charge is 0.378 e. The van der Waals surface area contributed by atoms with Crippen molar-refractivity contribution in [2.75, 3.05) is 36.6 Å². The molecule has 2 N–H and O–H groups in total. The van der Waals surface area contributed by atoms with Crippen molar-refractivity contribution in [1.29, 1.82) is 0 Å². The van der Waals surface area contributed by atoms with Crippen molar-refractivity contribution < 1.29 is 27.1 Å². The van der Waals surface area contributed by atoms with Gasteiger partial charge in [-0.3, -0.25) is 4.79 Å². The second kappa shape index (κ2) is 9.65. The van der Waals surface area contributed by atoms with Crippen LogP contribution in [0.1, 0.15) is 12.8 Å². The van der Waals surface area contributed by atoms with E-state index in [1.807, 2.05) is 0 Å². The molecule has 1 saturated heterocycles. The minimum atomic E-state index is -4.46. The Labute approximate surface area is 169 Å². The summed E-state index contributed by atoms with van der Waals surface area (Å²) in [7, 11) is 0.